The molecule has 2 aliphatic heterocycles. The summed E-state index contributed by atoms with van der Waals surface area (Å²) in [6, 6.07) is 55.5. The Morgan fingerprint density at radius 2 is 1.33 bits per heavy atom. The van der Waals surface area contributed by atoms with Gasteiger partial charge in [-0.05, 0) is 104 Å². The van der Waals surface area contributed by atoms with Gasteiger partial charge in [-0.2, -0.15) is 0 Å². The third kappa shape index (κ3) is 4.07. The van der Waals surface area contributed by atoms with E-state index in [4.69, 9.17) is 4.42 Å². The van der Waals surface area contributed by atoms with Crippen molar-refractivity contribution in [2.75, 3.05) is 4.81 Å². The topological polar surface area (TPSA) is 21.3 Å². The smallest absolute Gasteiger partial charge is 0.333 e. The molecular weight excluding hydrogens is 747 g/mol. The number of aromatic nitrogens is 1. The average molecular weight is 787 g/mol. The van der Waals surface area contributed by atoms with Gasteiger partial charge in [0.25, 0.3) is 0 Å². The van der Waals surface area contributed by atoms with Gasteiger partial charge < -0.3 is 13.8 Å². The van der Waals surface area contributed by atoms with Crippen LogP contribution in [-0.2, 0) is 10.8 Å². The third-order valence-corrected chi connectivity index (χ3v) is 15.5. The predicted molar refractivity (Wildman–Crippen MR) is 256 cm³/mol. The van der Waals surface area contributed by atoms with Gasteiger partial charge in [-0.3, -0.25) is 0 Å². The van der Waals surface area contributed by atoms with E-state index in [1.54, 1.807) is 0 Å². The quantitative estimate of drug-likeness (QED) is 0.155. The van der Waals surface area contributed by atoms with Crippen LogP contribution in [0.5, 0.6) is 0 Å². The lowest BCUT2D eigenvalue weighted by Gasteiger charge is -2.42. The van der Waals surface area contributed by atoms with Crippen molar-refractivity contribution in [1.82, 2.24) is 4.57 Å². The van der Waals surface area contributed by atoms with Crippen LogP contribution in [0.1, 0.15) is 51.3 Å². The molecule has 0 saturated heterocycles. The Hall–Kier alpha value is -6.56. The summed E-state index contributed by atoms with van der Waals surface area (Å²) < 4.78 is 11.9. The molecule has 11 aromatic rings. The van der Waals surface area contributed by atoms with Crippen molar-refractivity contribution in [2.45, 2.75) is 45.4 Å². The van der Waals surface area contributed by atoms with Crippen molar-refractivity contribution in [1.29, 1.82) is 0 Å². The lowest BCUT2D eigenvalue weighted by Crippen LogP contribution is -2.60. The lowest BCUT2D eigenvalue weighted by molar-refractivity contribution is 0.590. The average Bonchev–Trinajstić information content (AvgIpc) is 3.97. The molecule has 3 nitrogen and oxygen atoms in total. The van der Waals surface area contributed by atoms with Crippen molar-refractivity contribution >= 4 is 104 Å². The van der Waals surface area contributed by atoms with Gasteiger partial charge >= 0.3 is 6.85 Å². The van der Waals surface area contributed by atoms with E-state index < -0.39 is 0 Å². The van der Waals surface area contributed by atoms with E-state index >= 15 is 0 Å². The number of para-hydroxylation sites is 1. The van der Waals surface area contributed by atoms with Crippen LogP contribution in [0.15, 0.2) is 150 Å². The van der Waals surface area contributed by atoms with Crippen LogP contribution >= 0.6 is 11.3 Å². The number of benzene rings is 8. The number of rotatable bonds is 1. The molecule has 5 heteroatoms. The highest BCUT2D eigenvalue weighted by molar-refractivity contribution is 7.25. The Bertz CT molecular complexity index is 3740. The zero-order valence-electron chi connectivity index (χ0n) is 34.1. The number of hydrogen-bond acceptors (Lipinski definition) is 3. The maximum absolute atomic E-state index is 6.64. The Morgan fingerprint density at radius 3 is 2.18 bits per heavy atom. The minimum absolute atomic E-state index is 0.0393. The van der Waals surface area contributed by atoms with Crippen LogP contribution in [0.25, 0.3) is 91.9 Å². The number of thiophene rings is 1. The molecule has 14 rings (SSSR count). The zero-order chi connectivity index (χ0) is 40.0. The summed E-state index contributed by atoms with van der Waals surface area (Å²) in [5.41, 5.74) is 20.0. The third-order valence-electron chi connectivity index (χ3n) is 14.3. The van der Waals surface area contributed by atoms with Crippen LogP contribution in [0.3, 0.4) is 0 Å². The summed E-state index contributed by atoms with van der Waals surface area (Å²) in [6.07, 6.45) is 0. The summed E-state index contributed by atoms with van der Waals surface area (Å²) in [5, 5.41) is 7.56. The molecule has 0 unspecified atom stereocenters. The highest BCUT2D eigenvalue weighted by atomic mass is 32.1. The maximum atomic E-state index is 6.64. The SMILES string of the molecule is CC(C)(C)c1ccc(N2B3c4cc5c(cc4-n4c6cc7sc8ccccc8c7cc6c6ccc(c3c64)-c3cc4oc6ccccc6c4cc32)-c2ccccc2C5(C)C)cc1. The van der Waals surface area contributed by atoms with Crippen LogP contribution in [0, 0.1) is 0 Å². The van der Waals surface area contributed by atoms with E-state index in [0.717, 1.165) is 21.9 Å². The number of anilines is 2. The highest BCUT2D eigenvalue weighted by Crippen LogP contribution is 2.52. The van der Waals surface area contributed by atoms with E-state index in [2.05, 4.69) is 190 Å². The molecule has 8 aromatic carbocycles. The second-order valence-electron chi connectivity index (χ2n) is 18.9. The Labute approximate surface area is 352 Å². The zero-order valence-corrected chi connectivity index (χ0v) is 35.0. The normalized spacial score (nSPS) is 14.8. The lowest BCUT2D eigenvalue weighted by atomic mass is 9.43. The van der Waals surface area contributed by atoms with Gasteiger partial charge in [0, 0.05) is 69.8 Å². The fraction of sp³-hybridized carbons (Fsp3) is 0.127. The van der Waals surface area contributed by atoms with Crippen molar-refractivity contribution in [3.8, 4) is 27.9 Å². The number of nitrogens with zero attached hydrogens (tertiary/aromatic N) is 2. The van der Waals surface area contributed by atoms with Gasteiger partial charge in [-0.15, -0.1) is 11.3 Å². The summed E-state index contributed by atoms with van der Waals surface area (Å²) in [6.45, 7) is 11.6. The van der Waals surface area contributed by atoms with Crippen molar-refractivity contribution in [3.05, 3.63) is 162 Å². The minimum Gasteiger partial charge on any atom is -0.456 e. The van der Waals surface area contributed by atoms with E-state index in [0.29, 0.717) is 0 Å². The molecule has 60 heavy (non-hydrogen) atoms. The molecule has 0 spiro atoms. The van der Waals surface area contributed by atoms with Crippen LogP contribution in [0.2, 0.25) is 0 Å². The summed E-state index contributed by atoms with van der Waals surface area (Å²) in [4.78, 5) is 2.67. The van der Waals surface area contributed by atoms with Gasteiger partial charge in [0.2, 0.25) is 0 Å². The van der Waals surface area contributed by atoms with Crippen molar-refractivity contribution < 1.29 is 4.42 Å². The first-order chi connectivity index (χ1) is 29.1. The Morgan fingerprint density at radius 1 is 0.550 bits per heavy atom. The molecule has 284 valence electrons. The van der Waals surface area contributed by atoms with Crippen LogP contribution < -0.4 is 15.7 Å². The maximum Gasteiger partial charge on any atom is 0.333 e. The van der Waals surface area contributed by atoms with Crippen LogP contribution in [0.4, 0.5) is 11.4 Å². The Balaban J connectivity index is 1.16. The second kappa shape index (κ2) is 11.0. The summed E-state index contributed by atoms with van der Waals surface area (Å²) >= 11 is 1.90. The van der Waals surface area contributed by atoms with E-state index in [1.165, 1.54) is 109 Å². The van der Waals surface area contributed by atoms with Crippen molar-refractivity contribution in [3.63, 3.8) is 0 Å². The molecule has 3 aliphatic rings. The van der Waals surface area contributed by atoms with Crippen molar-refractivity contribution in [2.24, 2.45) is 0 Å². The molecule has 0 amide bonds. The fourth-order valence-electron chi connectivity index (χ4n) is 11.4. The van der Waals surface area contributed by atoms with Crippen LogP contribution in [-0.4, -0.2) is 11.4 Å². The fourth-order valence-corrected chi connectivity index (χ4v) is 12.5. The number of hydrogen-bond donors (Lipinski definition) is 0. The molecule has 0 radical (unpaired) electrons. The molecule has 0 N–H and O–H groups in total. The summed E-state index contributed by atoms with van der Waals surface area (Å²) in [5.74, 6) is 0. The van der Waals surface area contributed by atoms with E-state index in [-0.39, 0.29) is 17.7 Å². The number of furan rings is 1. The monoisotopic (exact) mass is 786 g/mol. The predicted octanol–water partition coefficient (Wildman–Crippen LogP) is 13.9. The molecule has 3 aromatic heterocycles. The minimum atomic E-state index is -0.147. The van der Waals surface area contributed by atoms with Gasteiger partial charge in [-0.1, -0.05) is 126 Å². The standard InChI is InChI=1S/C55H39BN2OS/c1-54(2,3)30-18-20-31(21-19-30)58-46-26-40-33-13-7-10-16-48(33)59-49(40)27-39(46)35-22-23-36-38-24-41-34-14-8-11-17-50(34)60-51(41)29-45(38)57-47-25-37-32-12-6-9-15-42(32)55(4,5)43(37)28-44(47)56(58)52(35)53(36)57/h6-29H,1-5H3. The molecule has 0 bridgehead atoms. The molecular formula is C55H39BN2OS. The Kier molecular flexibility index (Phi) is 6.09. The van der Waals surface area contributed by atoms with E-state index in [1.807, 2.05) is 11.3 Å². The molecule has 5 heterocycles. The summed E-state index contributed by atoms with van der Waals surface area (Å²) in [7, 11) is 0. The number of fused-ring (bicyclic) bond motifs is 17. The van der Waals surface area contributed by atoms with Gasteiger partial charge in [0.05, 0.1) is 11.0 Å². The molecule has 0 atom stereocenters. The first-order valence-electron chi connectivity index (χ1n) is 21.2. The first-order valence-corrected chi connectivity index (χ1v) is 22.0. The first kappa shape index (κ1) is 33.3. The molecule has 1 aliphatic carbocycles. The van der Waals surface area contributed by atoms with E-state index in [9.17, 15) is 0 Å². The van der Waals surface area contributed by atoms with Gasteiger partial charge in [-0.25, -0.2) is 0 Å². The second-order valence-corrected chi connectivity index (χ2v) is 20.0. The molecule has 0 saturated carbocycles. The highest BCUT2D eigenvalue weighted by Gasteiger charge is 2.46. The largest absolute Gasteiger partial charge is 0.456 e. The van der Waals surface area contributed by atoms with Gasteiger partial charge in [0.15, 0.2) is 0 Å². The van der Waals surface area contributed by atoms with Gasteiger partial charge in [0.1, 0.15) is 11.2 Å². The molecule has 0 fully saturated rings.